The first kappa shape index (κ1) is 9.00. The average molecular weight is 166 g/mol. The fourth-order valence-electron chi connectivity index (χ4n) is 0.973. The summed E-state index contributed by atoms with van der Waals surface area (Å²) in [4.78, 5) is 10.7. The van der Waals surface area contributed by atoms with E-state index in [2.05, 4.69) is 12.2 Å². The minimum Gasteiger partial charge on any atom is -0.352 e. The van der Waals surface area contributed by atoms with Crippen molar-refractivity contribution in [2.24, 2.45) is 0 Å². The Morgan fingerprint density at radius 2 is 2.08 bits per heavy atom. The lowest BCUT2D eigenvalue weighted by Gasteiger charge is -2.11. The molecule has 1 heterocycles. The lowest BCUT2D eigenvalue weighted by molar-refractivity contribution is 0.513. The second kappa shape index (κ2) is 4.07. The summed E-state index contributed by atoms with van der Waals surface area (Å²) in [6.45, 7) is 2.98. The van der Waals surface area contributed by atoms with Crippen molar-refractivity contribution in [3.8, 4) is 0 Å². The van der Waals surface area contributed by atoms with Gasteiger partial charge in [0.05, 0.1) is 0 Å². The second-order valence-corrected chi connectivity index (χ2v) is 2.92. The number of pyridine rings is 1. The summed E-state index contributed by atoms with van der Waals surface area (Å²) in [6, 6.07) is 3.57. The lowest BCUT2D eigenvalue weighted by atomic mass is 10.3. The molecule has 0 fully saturated rings. The van der Waals surface area contributed by atoms with Crippen LogP contribution in [0, 0.1) is 0 Å². The molecule has 0 spiro atoms. The maximum Gasteiger partial charge on any atom is 0.181 e. The topological polar surface area (TPSA) is 34.0 Å². The molecular weight excluding hydrogens is 152 g/mol. The highest BCUT2D eigenvalue weighted by Gasteiger charge is 1.96. The van der Waals surface area contributed by atoms with Crippen molar-refractivity contribution in [1.82, 2.24) is 9.88 Å². The molecule has 3 heteroatoms. The fourth-order valence-corrected chi connectivity index (χ4v) is 0.973. The summed E-state index contributed by atoms with van der Waals surface area (Å²) >= 11 is 0. The van der Waals surface area contributed by atoms with Crippen LogP contribution in [0.1, 0.15) is 6.92 Å². The van der Waals surface area contributed by atoms with Crippen molar-refractivity contribution in [1.29, 1.82) is 0 Å². The van der Waals surface area contributed by atoms with E-state index >= 15 is 0 Å². The molecule has 1 aromatic rings. The van der Waals surface area contributed by atoms with Gasteiger partial charge >= 0.3 is 0 Å². The standard InChI is InChI=1S/C9H14N2O/c1-8(10-2)7-11-5-3-9(12)4-6-11/h3-6,8,10H,7H2,1-2H3. The molecule has 1 aromatic heterocycles. The minimum atomic E-state index is 0.0587. The monoisotopic (exact) mass is 166 g/mol. The smallest absolute Gasteiger partial charge is 0.181 e. The maximum absolute atomic E-state index is 10.7. The van der Waals surface area contributed by atoms with Crippen molar-refractivity contribution in [3.05, 3.63) is 34.7 Å². The maximum atomic E-state index is 10.7. The van der Waals surface area contributed by atoms with Gasteiger partial charge in [0.1, 0.15) is 0 Å². The van der Waals surface area contributed by atoms with Crippen LogP contribution in [0.25, 0.3) is 0 Å². The summed E-state index contributed by atoms with van der Waals surface area (Å²) in [7, 11) is 1.92. The third kappa shape index (κ3) is 2.51. The van der Waals surface area contributed by atoms with Crippen molar-refractivity contribution in [2.75, 3.05) is 7.05 Å². The summed E-state index contributed by atoms with van der Waals surface area (Å²) < 4.78 is 1.99. The number of aromatic nitrogens is 1. The first-order valence-corrected chi connectivity index (χ1v) is 4.06. The van der Waals surface area contributed by atoms with Gasteiger partial charge in [0.25, 0.3) is 0 Å². The van der Waals surface area contributed by atoms with E-state index in [0.29, 0.717) is 6.04 Å². The first-order chi connectivity index (χ1) is 5.72. The number of hydrogen-bond acceptors (Lipinski definition) is 2. The Bertz CT molecular complexity index is 272. The Kier molecular flexibility index (Phi) is 3.05. The zero-order valence-electron chi connectivity index (χ0n) is 7.45. The largest absolute Gasteiger partial charge is 0.352 e. The highest BCUT2D eigenvalue weighted by Crippen LogP contribution is 1.88. The Labute approximate surface area is 72.0 Å². The van der Waals surface area contributed by atoms with E-state index in [1.807, 2.05) is 11.6 Å². The van der Waals surface area contributed by atoms with E-state index in [9.17, 15) is 4.79 Å². The SMILES string of the molecule is CNC(C)Cn1ccc(=O)cc1. The van der Waals surface area contributed by atoms with Crippen molar-refractivity contribution in [2.45, 2.75) is 19.5 Å². The molecule has 12 heavy (non-hydrogen) atoms. The molecule has 0 radical (unpaired) electrons. The van der Waals surface area contributed by atoms with Crippen molar-refractivity contribution in [3.63, 3.8) is 0 Å². The van der Waals surface area contributed by atoms with E-state index < -0.39 is 0 Å². The van der Waals surface area contributed by atoms with Gasteiger partial charge in [-0.15, -0.1) is 0 Å². The average Bonchev–Trinajstić information content (AvgIpc) is 2.09. The van der Waals surface area contributed by atoms with Gasteiger partial charge < -0.3 is 9.88 Å². The van der Waals surface area contributed by atoms with Gasteiger partial charge in [0.2, 0.25) is 0 Å². The highest BCUT2D eigenvalue weighted by atomic mass is 16.1. The number of nitrogens with one attached hydrogen (secondary N) is 1. The van der Waals surface area contributed by atoms with Gasteiger partial charge in [0.15, 0.2) is 5.43 Å². The first-order valence-electron chi connectivity index (χ1n) is 4.06. The van der Waals surface area contributed by atoms with E-state index in [1.54, 1.807) is 24.5 Å². The Morgan fingerprint density at radius 1 is 1.50 bits per heavy atom. The summed E-state index contributed by atoms with van der Waals surface area (Å²) in [6.07, 6.45) is 3.60. The van der Waals surface area contributed by atoms with Crippen LogP contribution in [0.4, 0.5) is 0 Å². The molecule has 0 aromatic carbocycles. The zero-order chi connectivity index (χ0) is 8.97. The Morgan fingerprint density at radius 3 is 2.58 bits per heavy atom. The third-order valence-electron chi connectivity index (χ3n) is 1.84. The molecule has 0 saturated heterocycles. The van der Waals surface area contributed by atoms with Crippen LogP contribution in [0.3, 0.4) is 0 Å². The van der Waals surface area contributed by atoms with Crippen molar-refractivity contribution < 1.29 is 0 Å². The van der Waals surface area contributed by atoms with Crippen LogP contribution in [-0.4, -0.2) is 17.7 Å². The predicted molar refractivity (Wildman–Crippen MR) is 49.2 cm³/mol. The van der Waals surface area contributed by atoms with Crippen LogP contribution < -0.4 is 10.7 Å². The fraction of sp³-hybridized carbons (Fsp3) is 0.444. The van der Waals surface area contributed by atoms with Gasteiger partial charge in [-0.1, -0.05) is 0 Å². The zero-order valence-corrected chi connectivity index (χ0v) is 7.45. The van der Waals surface area contributed by atoms with Crippen LogP contribution in [0.2, 0.25) is 0 Å². The Balaban J connectivity index is 2.64. The highest BCUT2D eigenvalue weighted by molar-refractivity contribution is 4.93. The molecule has 0 aliphatic carbocycles. The van der Waals surface area contributed by atoms with Crippen molar-refractivity contribution >= 4 is 0 Å². The molecular formula is C9H14N2O. The van der Waals surface area contributed by atoms with E-state index in [1.165, 1.54) is 0 Å². The molecule has 1 atom stereocenters. The number of nitrogens with zero attached hydrogens (tertiary/aromatic N) is 1. The van der Waals surface area contributed by atoms with Crippen LogP contribution in [0.5, 0.6) is 0 Å². The molecule has 1 rings (SSSR count). The van der Waals surface area contributed by atoms with Crippen LogP contribution >= 0.6 is 0 Å². The molecule has 0 saturated carbocycles. The molecule has 1 unspecified atom stereocenters. The molecule has 1 N–H and O–H groups in total. The third-order valence-corrected chi connectivity index (χ3v) is 1.84. The molecule has 0 bridgehead atoms. The van der Waals surface area contributed by atoms with Gasteiger partial charge in [-0.3, -0.25) is 4.79 Å². The summed E-state index contributed by atoms with van der Waals surface area (Å²) in [5.41, 5.74) is 0.0587. The second-order valence-electron chi connectivity index (χ2n) is 2.92. The molecule has 0 aliphatic rings. The van der Waals surface area contributed by atoms with Gasteiger partial charge in [-0.2, -0.15) is 0 Å². The van der Waals surface area contributed by atoms with E-state index in [0.717, 1.165) is 6.54 Å². The summed E-state index contributed by atoms with van der Waals surface area (Å²) in [5, 5.41) is 3.13. The van der Waals surface area contributed by atoms with Crippen LogP contribution in [-0.2, 0) is 6.54 Å². The van der Waals surface area contributed by atoms with E-state index in [4.69, 9.17) is 0 Å². The number of rotatable bonds is 3. The molecule has 3 nitrogen and oxygen atoms in total. The van der Waals surface area contributed by atoms with Gasteiger partial charge in [0, 0.05) is 37.1 Å². The molecule has 66 valence electrons. The molecule has 0 aliphatic heterocycles. The lowest BCUT2D eigenvalue weighted by Crippen LogP contribution is -2.26. The van der Waals surface area contributed by atoms with E-state index in [-0.39, 0.29) is 5.43 Å². The van der Waals surface area contributed by atoms with Crippen LogP contribution in [0.15, 0.2) is 29.3 Å². The minimum absolute atomic E-state index is 0.0587. The van der Waals surface area contributed by atoms with Gasteiger partial charge in [-0.25, -0.2) is 0 Å². The Hall–Kier alpha value is -1.09. The predicted octanol–water partition coefficient (Wildman–Crippen LogP) is 0.456. The number of likely N-dealkylation sites (N-methyl/N-ethyl adjacent to an activating group) is 1. The number of hydrogen-bond donors (Lipinski definition) is 1. The summed E-state index contributed by atoms with van der Waals surface area (Å²) in [5.74, 6) is 0. The molecule has 0 amide bonds. The van der Waals surface area contributed by atoms with Gasteiger partial charge in [-0.05, 0) is 14.0 Å². The quantitative estimate of drug-likeness (QED) is 0.707. The normalized spacial score (nSPS) is 12.8.